The topological polar surface area (TPSA) is 67.7 Å². The van der Waals surface area contributed by atoms with Gasteiger partial charge in [0.1, 0.15) is 0 Å². The van der Waals surface area contributed by atoms with Crippen LogP contribution in [0, 0.1) is 0 Å². The van der Waals surface area contributed by atoms with Gasteiger partial charge in [0.05, 0.1) is 23.7 Å². The van der Waals surface area contributed by atoms with Crippen LogP contribution in [0.3, 0.4) is 0 Å². The fourth-order valence-electron chi connectivity index (χ4n) is 3.17. The Morgan fingerprint density at radius 1 is 1.08 bits per heavy atom. The van der Waals surface area contributed by atoms with Crippen LogP contribution in [-0.2, 0) is 14.6 Å². The SMILES string of the molecule is CS(=O)(=O)c1ccccc1NC(=O)C[NH+]1CC=C(c2ccccc2)CC1. The number of carbonyl (C=O) groups is 1. The number of quaternary nitrogens is 1. The van der Waals surface area contributed by atoms with Crippen molar-refractivity contribution < 1.29 is 18.1 Å². The van der Waals surface area contributed by atoms with Crippen LogP contribution in [0.25, 0.3) is 5.57 Å². The molecule has 3 rings (SSSR count). The second-order valence-corrected chi connectivity index (χ2v) is 8.53. The molecule has 2 aromatic rings. The molecule has 0 fully saturated rings. The van der Waals surface area contributed by atoms with Crippen LogP contribution >= 0.6 is 0 Å². The molecule has 26 heavy (non-hydrogen) atoms. The zero-order chi connectivity index (χ0) is 18.6. The van der Waals surface area contributed by atoms with Gasteiger partial charge in [-0.05, 0) is 29.3 Å². The van der Waals surface area contributed by atoms with Gasteiger partial charge in [0, 0.05) is 12.7 Å². The van der Waals surface area contributed by atoms with Crippen molar-refractivity contribution >= 4 is 27.0 Å². The third kappa shape index (κ3) is 4.59. The fraction of sp³-hybridized carbons (Fsp3) is 0.250. The Kier molecular flexibility index (Phi) is 5.54. The summed E-state index contributed by atoms with van der Waals surface area (Å²) in [5.41, 5.74) is 2.90. The molecule has 136 valence electrons. The van der Waals surface area contributed by atoms with E-state index in [1.807, 2.05) is 18.2 Å². The number of amides is 1. The number of nitrogens with one attached hydrogen (secondary N) is 2. The van der Waals surface area contributed by atoms with Gasteiger partial charge >= 0.3 is 0 Å². The first kappa shape index (κ1) is 18.4. The third-order valence-corrected chi connectivity index (χ3v) is 5.66. The van der Waals surface area contributed by atoms with E-state index in [0.29, 0.717) is 12.2 Å². The molecule has 0 bridgehead atoms. The van der Waals surface area contributed by atoms with Gasteiger partial charge in [0.2, 0.25) is 0 Å². The lowest BCUT2D eigenvalue weighted by molar-refractivity contribution is -0.886. The summed E-state index contributed by atoms with van der Waals surface area (Å²) in [7, 11) is -3.38. The summed E-state index contributed by atoms with van der Waals surface area (Å²) in [6.07, 6.45) is 4.25. The van der Waals surface area contributed by atoms with E-state index in [1.165, 1.54) is 22.1 Å². The standard InChI is InChI=1S/C20H22N2O3S/c1-26(24,25)19-10-6-5-9-18(19)21-20(23)15-22-13-11-17(12-14-22)16-7-3-2-4-8-16/h2-11H,12-15H2,1H3,(H,21,23)/p+1. The van der Waals surface area contributed by atoms with E-state index in [2.05, 4.69) is 23.5 Å². The molecule has 0 saturated carbocycles. The number of rotatable bonds is 5. The maximum atomic E-state index is 12.4. The van der Waals surface area contributed by atoms with Gasteiger partial charge in [0.25, 0.3) is 5.91 Å². The third-order valence-electron chi connectivity index (χ3n) is 4.50. The van der Waals surface area contributed by atoms with Crippen molar-refractivity contribution in [1.29, 1.82) is 0 Å². The van der Waals surface area contributed by atoms with Crippen LogP contribution in [0.1, 0.15) is 12.0 Å². The van der Waals surface area contributed by atoms with Gasteiger partial charge in [-0.1, -0.05) is 42.5 Å². The second kappa shape index (κ2) is 7.85. The molecule has 0 spiro atoms. The largest absolute Gasteiger partial charge is 0.324 e. The van der Waals surface area contributed by atoms with Gasteiger partial charge in [-0.3, -0.25) is 4.79 Å². The molecular formula is C20H23N2O3S+. The van der Waals surface area contributed by atoms with Crippen molar-refractivity contribution in [3.8, 4) is 0 Å². The number of hydrogen-bond acceptors (Lipinski definition) is 3. The minimum atomic E-state index is -3.38. The van der Waals surface area contributed by atoms with Gasteiger partial charge in [-0.25, -0.2) is 8.42 Å². The van der Waals surface area contributed by atoms with E-state index in [0.717, 1.165) is 25.8 Å². The van der Waals surface area contributed by atoms with Crippen LogP contribution in [0.15, 0.2) is 65.6 Å². The lowest BCUT2D eigenvalue weighted by Gasteiger charge is -2.23. The highest BCUT2D eigenvalue weighted by Gasteiger charge is 2.20. The summed E-state index contributed by atoms with van der Waals surface area (Å²) in [5.74, 6) is -0.173. The maximum Gasteiger partial charge on any atom is 0.279 e. The summed E-state index contributed by atoms with van der Waals surface area (Å²) < 4.78 is 23.7. The summed E-state index contributed by atoms with van der Waals surface area (Å²) in [4.78, 5) is 13.7. The normalized spacial score (nSPS) is 17.4. The Morgan fingerprint density at radius 3 is 2.42 bits per heavy atom. The molecule has 0 aliphatic carbocycles. The molecule has 1 aliphatic rings. The zero-order valence-corrected chi connectivity index (χ0v) is 15.6. The fourth-order valence-corrected chi connectivity index (χ4v) is 4.02. The van der Waals surface area contributed by atoms with E-state index in [1.54, 1.807) is 18.2 Å². The van der Waals surface area contributed by atoms with Crippen LogP contribution in [-0.4, -0.2) is 40.2 Å². The molecule has 1 aliphatic heterocycles. The van der Waals surface area contributed by atoms with Crippen molar-refractivity contribution in [1.82, 2.24) is 0 Å². The summed E-state index contributed by atoms with van der Waals surface area (Å²) in [5, 5.41) is 2.75. The van der Waals surface area contributed by atoms with E-state index < -0.39 is 9.84 Å². The molecule has 2 N–H and O–H groups in total. The Balaban J connectivity index is 1.61. The summed E-state index contributed by atoms with van der Waals surface area (Å²) in [6, 6.07) is 16.8. The molecule has 6 heteroatoms. The van der Waals surface area contributed by atoms with Crippen molar-refractivity contribution in [2.75, 3.05) is 31.2 Å². The minimum absolute atomic E-state index is 0.147. The van der Waals surface area contributed by atoms with E-state index in [4.69, 9.17) is 0 Å². The first-order valence-corrected chi connectivity index (χ1v) is 10.5. The number of para-hydroxylation sites is 1. The van der Waals surface area contributed by atoms with Gasteiger partial charge in [-0.15, -0.1) is 0 Å². The van der Waals surface area contributed by atoms with Crippen LogP contribution in [0.5, 0.6) is 0 Å². The lowest BCUT2D eigenvalue weighted by atomic mass is 10.00. The smallest absolute Gasteiger partial charge is 0.279 e. The molecule has 2 aromatic carbocycles. The Bertz CT molecular complexity index is 921. The zero-order valence-electron chi connectivity index (χ0n) is 14.7. The molecule has 1 amide bonds. The molecule has 0 aromatic heterocycles. The predicted octanol–water partition coefficient (Wildman–Crippen LogP) is 1.40. The van der Waals surface area contributed by atoms with Crippen LogP contribution in [0.2, 0.25) is 0 Å². The Labute approximate surface area is 154 Å². The number of hydrogen-bond donors (Lipinski definition) is 2. The molecule has 0 saturated heterocycles. The Morgan fingerprint density at radius 2 is 1.77 bits per heavy atom. The molecular weight excluding hydrogens is 348 g/mol. The highest BCUT2D eigenvalue weighted by atomic mass is 32.2. The van der Waals surface area contributed by atoms with E-state index in [-0.39, 0.29) is 10.8 Å². The van der Waals surface area contributed by atoms with Crippen LogP contribution < -0.4 is 10.2 Å². The number of sulfone groups is 1. The summed E-state index contributed by atoms with van der Waals surface area (Å²) >= 11 is 0. The predicted molar refractivity (Wildman–Crippen MR) is 103 cm³/mol. The second-order valence-electron chi connectivity index (χ2n) is 6.54. The van der Waals surface area contributed by atoms with Crippen molar-refractivity contribution in [3.63, 3.8) is 0 Å². The quantitative estimate of drug-likeness (QED) is 0.835. The maximum absolute atomic E-state index is 12.4. The van der Waals surface area contributed by atoms with Gasteiger partial charge in [0.15, 0.2) is 16.4 Å². The minimum Gasteiger partial charge on any atom is -0.324 e. The molecule has 5 nitrogen and oxygen atoms in total. The monoisotopic (exact) mass is 371 g/mol. The number of carbonyl (C=O) groups excluding carboxylic acids is 1. The van der Waals surface area contributed by atoms with Gasteiger partial charge < -0.3 is 10.2 Å². The average Bonchev–Trinajstić information content (AvgIpc) is 2.62. The van der Waals surface area contributed by atoms with Crippen molar-refractivity contribution in [3.05, 3.63) is 66.2 Å². The van der Waals surface area contributed by atoms with E-state index >= 15 is 0 Å². The summed E-state index contributed by atoms with van der Waals surface area (Å²) in [6.45, 7) is 1.98. The Hall–Kier alpha value is -2.44. The molecule has 0 radical (unpaired) electrons. The number of benzene rings is 2. The van der Waals surface area contributed by atoms with Crippen molar-refractivity contribution in [2.45, 2.75) is 11.3 Å². The highest BCUT2D eigenvalue weighted by Crippen LogP contribution is 2.20. The molecule has 1 heterocycles. The lowest BCUT2D eigenvalue weighted by Crippen LogP contribution is -3.13. The number of anilines is 1. The van der Waals surface area contributed by atoms with Gasteiger partial charge in [-0.2, -0.15) is 0 Å². The average molecular weight is 371 g/mol. The molecule has 1 atom stereocenters. The molecule has 1 unspecified atom stereocenters. The first-order chi connectivity index (χ1) is 12.4. The highest BCUT2D eigenvalue weighted by molar-refractivity contribution is 7.90. The van der Waals surface area contributed by atoms with Crippen LogP contribution in [0.4, 0.5) is 5.69 Å². The van der Waals surface area contributed by atoms with E-state index in [9.17, 15) is 13.2 Å². The first-order valence-electron chi connectivity index (χ1n) is 8.60. The van der Waals surface area contributed by atoms with Crippen molar-refractivity contribution in [2.24, 2.45) is 0 Å².